The van der Waals surface area contributed by atoms with Crippen molar-refractivity contribution in [2.75, 3.05) is 6.54 Å². The zero-order valence-corrected chi connectivity index (χ0v) is 9.66. The molecule has 0 unspecified atom stereocenters. The van der Waals surface area contributed by atoms with Gasteiger partial charge in [-0.05, 0) is 17.7 Å². The SMILES string of the molecule is Cl.NC[C@H](N)c1ccc(Cl)cc1C(F)(F)F. The second-order valence-corrected chi connectivity index (χ2v) is 3.51. The van der Waals surface area contributed by atoms with E-state index in [1.807, 2.05) is 0 Å². The summed E-state index contributed by atoms with van der Waals surface area (Å²) in [6, 6.07) is 2.63. The molecule has 1 atom stereocenters. The number of hydrogen-bond donors (Lipinski definition) is 2. The Balaban J connectivity index is 0.00000225. The van der Waals surface area contributed by atoms with E-state index in [4.69, 9.17) is 23.1 Å². The topological polar surface area (TPSA) is 52.0 Å². The fraction of sp³-hybridized carbons (Fsp3) is 0.333. The highest BCUT2D eigenvalue weighted by molar-refractivity contribution is 6.30. The lowest BCUT2D eigenvalue weighted by Gasteiger charge is -2.17. The molecule has 0 heterocycles. The van der Waals surface area contributed by atoms with Crippen LogP contribution in [0.15, 0.2) is 18.2 Å². The average molecular weight is 275 g/mol. The summed E-state index contributed by atoms with van der Waals surface area (Å²) in [5, 5.41) is 0.0234. The highest BCUT2D eigenvalue weighted by atomic mass is 35.5. The molecule has 0 fully saturated rings. The molecule has 0 saturated carbocycles. The summed E-state index contributed by atoms with van der Waals surface area (Å²) in [5.41, 5.74) is 9.84. The fourth-order valence-electron chi connectivity index (χ4n) is 1.22. The van der Waals surface area contributed by atoms with Crippen LogP contribution in [-0.2, 0) is 6.18 Å². The molecule has 92 valence electrons. The molecule has 0 radical (unpaired) electrons. The van der Waals surface area contributed by atoms with Crippen molar-refractivity contribution in [3.05, 3.63) is 34.3 Å². The predicted octanol–water partition coefficient (Wildman–Crippen LogP) is 2.74. The summed E-state index contributed by atoms with van der Waals surface area (Å²) in [7, 11) is 0. The molecule has 0 aromatic heterocycles. The van der Waals surface area contributed by atoms with Gasteiger partial charge in [-0.15, -0.1) is 12.4 Å². The van der Waals surface area contributed by atoms with Gasteiger partial charge in [0.25, 0.3) is 0 Å². The summed E-state index contributed by atoms with van der Waals surface area (Å²) >= 11 is 5.50. The van der Waals surface area contributed by atoms with E-state index in [2.05, 4.69) is 0 Å². The van der Waals surface area contributed by atoms with Crippen LogP contribution in [0.25, 0.3) is 0 Å². The van der Waals surface area contributed by atoms with E-state index < -0.39 is 17.8 Å². The van der Waals surface area contributed by atoms with Crippen molar-refractivity contribution in [2.24, 2.45) is 11.5 Å². The summed E-state index contributed by atoms with van der Waals surface area (Å²) < 4.78 is 37.7. The maximum atomic E-state index is 12.6. The highest BCUT2D eigenvalue weighted by Crippen LogP contribution is 2.35. The lowest BCUT2D eigenvalue weighted by Crippen LogP contribution is -2.24. The van der Waals surface area contributed by atoms with Gasteiger partial charge in [0.1, 0.15) is 0 Å². The number of rotatable bonds is 2. The third-order valence-electron chi connectivity index (χ3n) is 1.97. The van der Waals surface area contributed by atoms with Gasteiger partial charge < -0.3 is 11.5 Å². The number of nitrogens with two attached hydrogens (primary N) is 2. The van der Waals surface area contributed by atoms with Crippen LogP contribution in [0.1, 0.15) is 17.2 Å². The molecule has 0 aliphatic rings. The zero-order chi connectivity index (χ0) is 11.6. The predicted molar refractivity (Wildman–Crippen MR) is 59.7 cm³/mol. The van der Waals surface area contributed by atoms with E-state index in [1.165, 1.54) is 12.1 Å². The van der Waals surface area contributed by atoms with Gasteiger partial charge in [-0.1, -0.05) is 17.7 Å². The van der Waals surface area contributed by atoms with Crippen molar-refractivity contribution in [1.29, 1.82) is 0 Å². The molecule has 0 bridgehead atoms. The molecule has 1 aromatic rings. The Morgan fingerprint density at radius 3 is 2.31 bits per heavy atom. The lowest BCUT2D eigenvalue weighted by molar-refractivity contribution is -0.138. The Bertz CT molecular complexity index is 355. The summed E-state index contributed by atoms with van der Waals surface area (Å²) in [4.78, 5) is 0. The van der Waals surface area contributed by atoms with Crippen LogP contribution in [0.4, 0.5) is 13.2 Å². The van der Waals surface area contributed by atoms with Crippen molar-refractivity contribution >= 4 is 24.0 Å². The van der Waals surface area contributed by atoms with Crippen LogP contribution < -0.4 is 11.5 Å². The van der Waals surface area contributed by atoms with Crippen LogP contribution in [0.5, 0.6) is 0 Å². The lowest BCUT2D eigenvalue weighted by atomic mass is 10.0. The van der Waals surface area contributed by atoms with Gasteiger partial charge in [0.2, 0.25) is 0 Å². The molecule has 4 N–H and O–H groups in total. The smallest absolute Gasteiger partial charge is 0.329 e. The first-order valence-electron chi connectivity index (χ1n) is 4.18. The summed E-state index contributed by atoms with van der Waals surface area (Å²) in [6.07, 6.45) is -4.47. The molecule has 1 rings (SSSR count). The molecule has 2 nitrogen and oxygen atoms in total. The van der Waals surface area contributed by atoms with E-state index >= 15 is 0 Å². The molecular formula is C9H11Cl2F3N2. The van der Waals surface area contributed by atoms with E-state index in [-0.39, 0.29) is 29.5 Å². The van der Waals surface area contributed by atoms with Gasteiger partial charge in [0.15, 0.2) is 0 Å². The van der Waals surface area contributed by atoms with Crippen LogP contribution in [0, 0.1) is 0 Å². The minimum atomic E-state index is -4.47. The molecule has 1 aromatic carbocycles. The van der Waals surface area contributed by atoms with Crippen molar-refractivity contribution in [3.8, 4) is 0 Å². The minimum absolute atomic E-state index is 0. The largest absolute Gasteiger partial charge is 0.416 e. The highest BCUT2D eigenvalue weighted by Gasteiger charge is 2.34. The average Bonchev–Trinajstić information content (AvgIpc) is 2.15. The molecule has 0 aliphatic heterocycles. The Morgan fingerprint density at radius 1 is 1.31 bits per heavy atom. The molecule has 16 heavy (non-hydrogen) atoms. The van der Waals surface area contributed by atoms with Crippen molar-refractivity contribution in [2.45, 2.75) is 12.2 Å². The minimum Gasteiger partial charge on any atom is -0.329 e. The normalized spacial score (nSPS) is 13.1. The number of alkyl halides is 3. The Kier molecular flexibility index (Phi) is 5.55. The van der Waals surface area contributed by atoms with Gasteiger partial charge in [-0.3, -0.25) is 0 Å². The molecule has 7 heteroatoms. The van der Waals surface area contributed by atoms with Gasteiger partial charge in [0.05, 0.1) is 5.56 Å². The van der Waals surface area contributed by atoms with E-state index in [9.17, 15) is 13.2 Å². The standard InChI is InChI=1S/C9H10ClF3N2.ClH/c10-5-1-2-6(8(15)4-14)7(3-5)9(11,12)13;/h1-3,8H,4,14-15H2;1H/t8-;/m0./s1. The second kappa shape index (κ2) is 5.72. The first kappa shape index (κ1) is 15.5. The van der Waals surface area contributed by atoms with Gasteiger partial charge in [0, 0.05) is 17.6 Å². The number of halogens is 5. The van der Waals surface area contributed by atoms with Gasteiger partial charge in [-0.2, -0.15) is 13.2 Å². The van der Waals surface area contributed by atoms with Crippen molar-refractivity contribution < 1.29 is 13.2 Å². The second-order valence-electron chi connectivity index (χ2n) is 3.07. The maximum absolute atomic E-state index is 12.6. The first-order chi connectivity index (χ1) is 6.86. The van der Waals surface area contributed by atoms with Crippen LogP contribution in [0.2, 0.25) is 5.02 Å². The number of benzene rings is 1. The van der Waals surface area contributed by atoms with Crippen molar-refractivity contribution in [1.82, 2.24) is 0 Å². The summed E-state index contributed by atoms with van der Waals surface area (Å²) in [6.45, 7) is -0.0509. The molecule has 0 aliphatic carbocycles. The Hall–Kier alpha value is -0.490. The van der Waals surface area contributed by atoms with E-state index in [0.717, 1.165) is 6.07 Å². The van der Waals surface area contributed by atoms with E-state index in [1.54, 1.807) is 0 Å². The number of hydrogen-bond acceptors (Lipinski definition) is 2. The first-order valence-corrected chi connectivity index (χ1v) is 4.56. The third kappa shape index (κ3) is 3.52. The Morgan fingerprint density at radius 2 is 1.88 bits per heavy atom. The fourth-order valence-corrected chi connectivity index (χ4v) is 1.40. The molecule has 0 saturated heterocycles. The quantitative estimate of drug-likeness (QED) is 0.871. The van der Waals surface area contributed by atoms with Crippen LogP contribution >= 0.6 is 24.0 Å². The van der Waals surface area contributed by atoms with Crippen molar-refractivity contribution in [3.63, 3.8) is 0 Å². The van der Waals surface area contributed by atoms with Gasteiger partial charge >= 0.3 is 6.18 Å². The van der Waals surface area contributed by atoms with Crippen LogP contribution in [-0.4, -0.2) is 6.54 Å². The Labute approximate surface area is 102 Å². The molecule has 0 amide bonds. The summed E-state index contributed by atoms with van der Waals surface area (Å²) in [5.74, 6) is 0. The van der Waals surface area contributed by atoms with E-state index in [0.29, 0.717) is 0 Å². The molecular weight excluding hydrogens is 264 g/mol. The van der Waals surface area contributed by atoms with Gasteiger partial charge in [-0.25, -0.2) is 0 Å². The van der Waals surface area contributed by atoms with Crippen LogP contribution in [0.3, 0.4) is 0 Å². The monoisotopic (exact) mass is 274 g/mol. The zero-order valence-electron chi connectivity index (χ0n) is 8.09. The third-order valence-corrected chi connectivity index (χ3v) is 2.21. The molecule has 0 spiro atoms. The maximum Gasteiger partial charge on any atom is 0.416 e.